The van der Waals surface area contributed by atoms with Gasteiger partial charge in [-0.15, -0.1) is 0 Å². The van der Waals surface area contributed by atoms with Crippen molar-refractivity contribution >= 4 is 11.6 Å². The zero-order valence-corrected chi connectivity index (χ0v) is 7.85. The van der Waals surface area contributed by atoms with Crippen LogP contribution in [-0.2, 0) is 6.61 Å². The van der Waals surface area contributed by atoms with Crippen molar-refractivity contribution < 1.29 is 9.84 Å². The molecule has 0 spiro atoms. The predicted octanol–water partition coefficient (Wildman–Crippen LogP) is 2.15. The molecule has 0 bridgehead atoms. The Balaban J connectivity index is 3.19. The van der Waals surface area contributed by atoms with Crippen LogP contribution < -0.4 is 4.74 Å². The minimum Gasteiger partial charge on any atom is -0.496 e. The fourth-order valence-corrected chi connectivity index (χ4v) is 1.20. The fraction of sp³-hybridized carbons (Fsp3) is 0.333. The normalized spacial score (nSPS) is 10.0. The Kier molecular flexibility index (Phi) is 2.95. The van der Waals surface area contributed by atoms with Crippen LogP contribution in [0.2, 0.25) is 5.02 Å². The number of aryl methyl sites for hydroxylation is 1. The Morgan fingerprint density at radius 3 is 2.67 bits per heavy atom. The van der Waals surface area contributed by atoms with Crippen LogP contribution in [0.25, 0.3) is 0 Å². The van der Waals surface area contributed by atoms with E-state index in [-0.39, 0.29) is 6.61 Å². The lowest BCUT2D eigenvalue weighted by atomic mass is 10.1. The third-order valence-corrected chi connectivity index (χ3v) is 2.14. The largest absolute Gasteiger partial charge is 0.496 e. The highest BCUT2D eigenvalue weighted by Gasteiger charge is 2.04. The van der Waals surface area contributed by atoms with E-state index in [1.165, 1.54) is 0 Å². The Hall–Kier alpha value is -0.730. The maximum absolute atomic E-state index is 8.93. The van der Waals surface area contributed by atoms with Crippen LogP contribution in [0.15, 0.2) is 12.1 Å². The summed E-state index contributed by atoms with van der Waals surface area (Å²) in [5.41, 5.74) is 1.67. The van der Waals surface area contributed by atoms with Gasteiger partial charge in [0, 0.05) is 10.6 Å². The molecule has 3 heteroatoms. The number of aliphatic hydroxyl groups excluding tert-OH is 1. The lowest BCUT2D eigenvalue weighted by Crippen LogP contribution is -1.92. The summed E-state index contributed by atoms with van der Waals surface area (Å²) in [6.45, 7) is 1.84. The van der Waals surface area contributed by atoms with Gasteiger partial charge in [0.2, 0.25) is 0 Å². The van der Waals surface area contributed by atoms with E-state index in [0.717, 1.165) is 5.56 Å². The number of ether oxygens (including phenoxy) is 1. The van der Waals surface area contributed by atoms with Crippen LogP contribution in [0.1, 0.15) is 11.1 Å². The van der Waals surface area contributed by atoms with Gasteiger partial charge in [-0.2, -0.15) is 0 Å². The number of methoxy groups -OCH3 is 1. The SMILES string of the molecule is COc1cc(C)c(Cl)cc1CO. The van der Waals surface area contributed by atoms with E-state index in [0.29, 0.717) is 16.3 Å². The molecular formula is C9H11ClO2. The minimum absolute atomic E-state index is 0.0524. The van der Waals surface area contributed by atoms with Crippen LogP contribution in [0.3, 0.4) is 0 Å². The van der Waals surface area contributed by atoms with Crippen molar-refractivity contribution in [2.45, 2.75) is 13.5 Å². The summed E-state index contributed by atoms with van der Waals surface area (Å²) >= 11 is 5.85. The first-order valence-corrected chi connectivity index (χ1v) is 4.00. The number of hydrogen-bond donors (Lipinski definition) is 1. The van der Waals surface area contributed by atoms with E-state index >= 15 is 0 Å². The van der Waals surface area contributed by atoms with Gasteiger partial charge < -0.3 is 9.84 Å². The third-order valence-electron chi connectivity index (χ3n) is 1.73. The molecule has 1 aromatic rings. The van der Waals surface area contributed by atoms with E-state index in [1.54, 1.807) is 13.2 Å². The van der Waals surface area contributed by atoms with Crippen molar-refractivity contribution in [1.82, 2.24) is 0 Å². The molecule has 12 heavy (non-hydrogen) atoms. The molecule has 0 saturated heterocycles. The van der Waals surface area contributed by atoms with E-state index in [2.05, 4.69) is 0 Å². The molecule has 0 fully saturated rings. The van der Waals surface area contributed by atoms with E-state index < -0.39 is 0 Å². The molecule has 0 atom stereocenters. The predicted molar refractivity (Wildman–Crippen MR) is 48.7 cm³/mol. The van der Waals surface area contributed by atoms with Crippen molar-refractivity contribution in [3.63, 3.8) is 0 Å². The molecule has 0 aromatic heterocycles. The molecular weight excluding hydrogens is 176 g/mol. The average Bonchev–Trinajstić information content (AvgIpc) is 2.09. The Morgan fingerprint density at radius 2 is 2.17 bits per heavy atom. The Labute approximate surface area is 76.7 Å². The molecule has 1 rings (SSSR count). The first-order chi connectivity index (χ1) is 5.69. The maximum atomic E-state index is 8.93. The molecule has 0 heterocycles. The monoisotopic (exact) mass is 186 g/mol. The summed E-state index contributed by atoms with van der Waals surface area (Å²) in [6, 6.07) is 3.53. The zero-order valence-electron chi connectivity index (χ0n) is 7.10. The highest BCUT2D eigenvalue weighted by atomic mass is 35.5. The quantitative estimate of drug-likeness (QED) is 0.767. The first-order valence-electron chi connectivity index (χ1n) is 3.63. The van der Waals surface area contributed by atoms with Crippen LogP contribution in [-0.4, -0.2) is 12.2 Å². The summed E-state index contributed by atoms with van der Waals surface area (Å²) < 4.78 is 5.05. The number of aliphatic hydroxyl groups is 1. The van der Waals surface area contributed by atoms with E-state index in [4.69, 9.17) is 21.4 Å². The molecule has 0 amide bonds. The third kappa shape index (κ3) is 1.71. The van der Waals surface area contributed by atoms with Gasteiger partial charge in [-0.25, -0.2) is 0 Å². The molecule has 0 aliphatic heterocycles. The van der Waals surface area contributed by atoms with Gasteiger partial charge in [0.05, 0.1) is 13.7 Å². The number of benzene rings is 1. The molecule has 0 aliphatic carbocycles. The smallest absolute Gasteiger partial charge is 0.124 e. The number of rotatable bonds is 2. The topological polar surface area (TPSA) is 29.5 Å². The van der Waals surface area contributed by atoms with Crippen molar-refractivity contribution in [3.8, 4) is 5.75 Å². The highest BCUT2D eigenvalue weighted by molar-refractivity contribution is 6.31. The standard InChI is InChI=1S/C9H11ClO2/c1-6-3-9(12-2)7(5-11)4-8(6)10/h3-4,11H,5H2,1-2H3. The molecule has 2 nitrogen and oxygen atoms in total. The summed E-state index contributed by atoms with van der Waals surface area (Å²) in [5, 5.41) is 9.58. The van der Waals surface area contributed by atoms with E-state index in [9.17, 15) is 0 Å². The molecule has 0 radical (unpaired) electrons. The van der Waals surface area contributed by atoms with Crippen LogP contribution in [0, 0.1) is 6.92 Å². The molecule has 0 aliphatic rings. The van der Waals surface area contributed by atoms with Crippen LogP contribution >= 0.6 is 11.6 Å². The second-order valence-corrected chi connectivity index (χ2v) is 2.98. The van der Waals surface area contributed by atoms with Gasteiger partial charge in [-0.05, 0) is 24.6 Å². The van der Waals surface area contributed by atoms with Gasteiger partial charge in [0.1, 0.15) is 5.75 Å². The maximum Gasteiger partial charge on any atom is 0.124 e. The average molecular weight is 187 g/mol. The lowest BCUT2D eigenvalue weighted by molar-refractivity contribution is 0.274. The summed E-state index contributed by atoms with van der Waals surface area (Å²) in [7, 11) is 1.57. The van der Waals surface area contributed by atoms with Crippen LogP contribution in [0.5, 0.6) is 5.75 Å². The van der Waals surface area contributed by atoms with Crippen molar-refractivity contribution in [2.75, 3.05) is 7.11 Å². The van der Waals surface area contributed by atoms with Crippen molar-refractivity contribution in [3.05, 3.63) is 28.3 Å². The van der Waals surface area contributed by atoms with Crippen molar-refractivity contribution in [2.24, 2.45) is 0 Å². The van der Waals surface area contributed by atoms with Gasteiger partial charge >= 0.3 is 0 Å². The minimum atomic E-state index is -0.0524. The van der Waals surface area contributed by atoms with Gasteiger partial charge in [0.15, 0.2) is 0 Å². The van der Waals surface area contributed by atoms with E-state index in [1.807, 2.05) is 13.0 Å². The second kappa shape index (κ2) is 3.78. The summed E-state index contributed by atoms with van der Waals surface area (Å²) in [5.74, 6) is 0.680. The zero-order chi connectivity index (χ0) is 9.14. The van der Waals surface area contributed by atoms with Gasteiger partial charge in [-0.3, -0.25) is 0 Å². The highest BCUT2D eigenvalue weighted by Crippen LogP contribution is 2.26. The Morgan fingerprint density at radius 1 is 1.50 bits per heavy atom. The first kappa shape index (κ1) is 9.36. The lowest BCUT2D eigenvalue weighted by Gasteiger charge is -2.08. The Bertz CT molecular complexity index is 255. The second-order valence-electron chi connectivity index (χ2n) is 2.57. The summed E-state index contributed by atoms with van der Waals surface area (Å²) in [4.78, 5) is 0. The molecule has 0 unspecified atom stereocenters. The van der Waals surface area contributed by atoms with Crippen molar-refractivity contribution in [1.29, 1.82) is 0 Å². The fourth-order valence-electron chi connectivity index (χ4n) is 1.01. The molecule has 1 aromatic carbocycles. The van der Waals surface area contributed by atoms with Gasteiger partial charge in [-0.1, -0.05) is 11.6 Å². The van der Waals surface area contributed by atoms with Crippen LogP contribution in [0.4, 0.5) is 0 Å². The molecule has 1 N–H and O–H groups in total. The summed E-state index contributed by atoms with van der Waals surface area (Å²) in [6.07, 6.45) is 0. The van der Waals surface area contributed by atoms with Gasteiger partial charge in [0.25, 0.3) is 0 Å². The molecule has 66 valence electrons. The number of halogens is 1. The number of hydrogen-bond acceptors (Lipinski definition) is 2. The molecule has 0 saturated carbocycles.